The molecule has 0 aromatic heterocycles. The molecule has 0 unspecified atom stereocenters. The molecule has 110 valence electrons. The number of carbonyl (C=O) groups excluding carboxylic acids is 1. The van der Waals surface area contributed by atoms with Crippen LogP contribution in [-0.4, -0.2) is 12.5 Å². The Morgan fingerprint density at radius 3 is 2.81 bits per heavy atom. The van der Waals surface area contributed by atoms with Crippen LogP contribution in [0.2, 0.25) is 5.02 Å². The highest BCUT2D eigenvalue weighted by molar-refractivity contribution is 6.30. The predicted molar refractivity (Wildman–Crippen MR) is 79.9 cm³/mol. The van der Waals surface area contributed by atoms with E-state index in [1.807, 2.05) is 6.07 Å². The second-order valence-corrected chi connectivity index (χ2v) is 4.85. The van der Waals surface area contributed by atoms with Crippen LogP contribution in [0.3, 0.4) is 0 Å². The van der Waals surface area contributed by atoms with Crippen LogP contribution in [0.1, 0.15) is 5.56 Å². The van der Waals surface area contributed by atoms with Gasteiger partial charge in [-0.2, -0.15) is 0 Å². The van der Waals surface area contributed by atoms with E-state index in [1.165, 1.54) is 12.1 Å². The van der Waals surface area contributed by atoms with E-state index < -0.39 is 5.91 Å². The van der Waals surface area contributed by atoms with Crippen molar-refractivity contribution in [3.05, 3.63) is 58.9 Å². The van der Waals surface area contributed by atoms with Gasteiger partial charge in [-0.3, -0.25) is 4.79 Å². The molecule has 2 rings (SSSR count). The number of rotatable bonds is 6. The summed E-state index contributed by atoms with van der Waals surface area (Å²) < 4.78 is 18.4. The average Bonchev–Trinajstić information content (AvgIpc) is 2.42. The van der Waals surface area contributed by atoms with Crippen LogP contribution in [-0.2, 0) is 11.3 Å². The summed E-state index contributed by atoms with van der Waals surface area (Å²) in [6, 6.07) is 11.4. The molecule has 0 aliphatic heterocycles. The third-order valence-corrected chi connectivity index (χ3v) is 2.85. The molecule has 0 spiro atoms. The van der Waals surface area contributed by atoms with E-state index in [-0.39, 0.29) is 12.4 Å². The number of benzene rings is 2. The van der Waals surface area contributed by atoms with Gasteiger partial charge in [0.1, 0.15) is 11.6 Å². The number of carbonyl (C=O) groups is 1. The Balaban J connectivity index is 1.99. The van der Waals surface area contributed by atoms with Crippen LogP contribution in [0.25, 0.3) is 0 Å². The summed E-state index contributed by atoms with van der Waals surface area (Å²) in [7, 11) is 0. The first-order valence-corrected chi connectivity index (χ1v) is 6.61. The van der Waals surface area contributed by atoms with Gasteiger partial charge in [0.25, 0.3) is 5.91 Å². The maximum absolute atomic E-state index is 13.2. The van der Waals surface area contributed by atoms with Crippen molar-refractivity contribution in [2.45, 2.75) is 6.54 Å². The molecule has 0 fully saturated rings. The molecule has 4 nitrogen and oxygen atoms in total. The van der Waals surface area contributed by atoms with Crippen molar-refractivity contribution in [1.29, 1.82) is 0 Å². The fourth-order valence-corrected chi connectivity index (χ4v) is 2.01. The molecule has 0 aliphatic carbocycles. The van der Waals surface area contributed by atoms with Gasteiger partial charge in [0.2, 0.25) is 0 Å². The quantitative estimate of drug-likeness (QED) is 0.862. The van der Waals surface area contributed by atoms with Crippen LogP contribution < -0.4 is 15.8 Å². The first kappa shape index (κ1) is 15.1. The largest absolute Gasteiger partial charge is 0.484 e. The molecule has 2 aromatic carbocycles. The number of primary amides is 1. The zero-order valence-electron chi connectivity index (χ0n) is 11.1. The fraction of sp³-hybridized carbons (Fsp3) is 0.133. The van der Waals surface area contributed by atoms with E-state index >= 15 is 0 Å². The zero-order valence-corrected chi connectivity index (χ0v) is 11.9. The smallest absolute Gasteiger partial charge is 0.255 e. The monoisotopic (exact) mass is 308 g/mol. The Morgan fingerprint density at radius 1 is 1.29 bits per heavy atom. The summed E-state index contributed by atoms with van der Waals surface area (Å²) in [6.07, 6.45) is 0. The Hall–Kier alpha value is -2.27. The maximum Gasteiger partial charge on any atom is 0.255 e. The van der Waals surface area contributed by atoms with Crippen molar-refractivity contribution < 1.29 is 13.9 Å². The van der Waals surface area contributed by atoms with E-state index in [0.29, 0.717) is 17.3 Å². The maximum atomic E-state index is 13.2. The zero-order chi connectivity index (χ0) is 15.2. The number of nitrogens with one attached hydrogen (secondary N) is 1. The molecular formula is C15H14ClFN2O2. The third kappa shape index (κ3) is 4.96. The Morgan fingerprint density at radius 2 is 2.10 bits per heavy atom. The van der Waals surface area contributed by atoms with Gasteiger partial charge in [-0.25, -0.2) is 4.39 Å². The van der Waals surface area contributed by atoms with Crippen LogP contribution in [0, 0.1) is 5.82 Å². The lowest BCUT2D eigenvalue weighted by Gasteiger charge is -2.09. The predicted octanol–water partition coefficient (Wildman–Crippen LogP) is 2.96. The summed E-state index contributed by atoms with van der Waals surface area (Å²) in [4.78, 5) is 10.7. The second-order valence-electron chi connectivity index (χ2n) is 4.41. The molecule has 21 heavy (non-hydrogen) atoms. The van der Waals surface area contributed by atoms with Gasteiger partial charge in [-0.15, -0.1) is 0 Å². The van der Waals surface area contributed by atoms with Gasteiger partial charge >= 0.3 is 0 Å². The standard InChI is InChI=1S/C15H14ClFN2O2/c16-11-4-10(5-12(17)6-11)8-19-13-2-1-3-14(7-13)21-9-15(18)20/h1-7,19H,8-9H2,(H2,18,20). The van der Waals surface area contributed by atoms with Crippen molar-refractivity contribution in [2.24, 2.45) is 5.73 Å². The van der Waals surface area contributed by atoms with Gasteiger partial charge in [0.15, 0.2) is 6.61 Å². The van der Waals surface area contributed by atoms with E-state index in [4.69, 9.17) is 22.1 Å². The van der Waals surface area contributed by atoms with Crippen molar-refractivity contribution >= 4 is 23.2 Å². The highest BCUT2D eigenvalue weighted by Gasteiger charge is 2.02. The first-order chi connectivity index (χ1) is 10.0. The van der Waals surface area contributed by atoms with Crippen molar-refractivity contribution in [2.75, 3.05) is 11.9 Å². The van der Waals surface area contributed by atoms with E-state index in [0.717, 1.165) is 11.3 Å². The summed E-state index contributed by atoms with van der Waals surface area (Å²) in [5.74, 6) is -0.392. The number of halogens is 2. The molecule has 0 heterocycles. The SMILES string of the molecule is NC(=O)COc1cccc(NCc2cc(F)cc(Cl)c2)c1. The molecule has 6 heteroatoms. The van der Waals surface area contributed by atoms with Gasteiger partial charge in [-0.05, 0) is 35.9 Å². The number of nitrogens with two attached hydrogens (primary N) is 1. The molecule has 0 saturated carbocycles. The van der Waals surface area contributed by atoms with E-state index in [1.54, 1.807) is 24.3 Å². The number of hydrogen-bond acceptors (Lipinski definition) is 3. The molecule has 2 aromatic rings. The lowest BCUT2D eigenvalue weighted by atomic mass is 10.2. The van der Waals surface area contributed by atoms with Crippen molar-refractivity contribution in [3.63, 3.8) is 0 Å². The number of ether oxygens (including phenoxy) is 1. The highest BCUT2D eigenvalue weighted by Crippen LogP contribution is 2.19. The molecule has 0 saturated heterocycles. The van der Waals surface area contributed by atoms with Gasteiger partial charge in [-0.1, -0.05) is 17.7 Å². The molecular weight excluding hydrogens is 295 g/mol. The van der Waals surface area contributed by atoms with Crippen molar-refractivity contribution in [3.8, 4) is 5.75 Å². The average molecular weight is 309 g/mol. The molecule has 1 amide bonds. The molecule has 0 aliphatic rings. The van der Waals surface area contributed by atoms with Crippen molar-refractivity contribution in [1.82, 2.24) is 0 Å². The van der Waals surface area contributed by atoms with Gasteiger partial charge in [0, 0.05) is 23.3 Å². The Bertz CT molecular complexity index is 629. The Labute approximate surface area is 126 Å². The summed E-state index contributed by atoms with van der Waals surface area (Å²) in [5.41, 5.74) is 6.51. The van der Waals surface area contributed by atoms with Crippen LogP contribution in [0.5, 0.6) is 5.75 Å². The fourth-order valence-electron chi connectivity index (χ4n) is 1.77. The number of anilines is 1. The number of hydrogen-bond donors (Lipinski definition) is 2. The summed E-state index contributed by atoms with van der Waals surface area (Å²) in [6.45, 7) is 0.236. The van der Waals surface area contributed by atoms with E-state index in [2.05, 4.69) is 5.32 Å². The Kier molecular flexibility index (Phi) is 5.00. The normalized spacial score (nSPS) is 10.2. The lowest BCUT2D eigenvalue weighted by molar-refractivity contribution is -0.119. The number of amides is 1. The minimum Gasteiger partial charge on any atom is -0.484 e. The minimum absolute atomic E-state index is 0.178. The molecule has 0 bridgehead atoms. The summed E-state index contributed by atoms with van der Waals surface area (Å²) in [5, 5.41) is 3.47. The lowest BCUT2D eigenvalue weighted by Crippen LogP contribution is -2.20. The third-order valence-electron chi connectivity index (χ3n) is 2.63. The van der Waals surface area contributed by atoms with Crippen LogP contribution >= 0.6 is 11.6 Å². The van der Waals surface area contributed by atoms with Gasteiger partial charge < -0.3 is 15.8 Å². The van der Waals surface area contributed by atoms with Gasteiger partial charge in [0.05, 0.1) is 0 Å². The molecule has 3 N–H and O–H groups in total. The first-order valence-electron chi connectivity index (χ1n) is 6.23. The molecule has 0 radical (unpaired) electrons. The van der Waals surface area contributed by atoms with Crippen LogP contribution in [0.4, 0.5) is 10.1 Å². The topological polar surface area (TPSA) is 64.4 Å². The highest BCUT2D eigenvalue weighted by atomic mass is 35.5. The summed E-state index contributed by atoms with van der Waals surface area (Å²) >= 11 is 5.80. The van der Waals surface area contributed by atoms with Crippen LogP contribution in [0.15, 0.2) is 42.5 Å². The minimum atomic E-state index is -0.539. The molecule has 0 atom stereocenters. The van der Waals surface area contributed by atoms with E-state index in [9.17, 15) is 9.18 Å². The second kappa shape index (κ2) is 6.95.